The van der Waals surface area contributed by atoms with E-state index < -0.39 is 0 Å². The van der Waals surface area contributed by atoms with Gasteiger partial charge < -0.3 is 14.2 Å². The Labute approximate surface area is 180 Å². The number of nitrogens with zero attached hydrogens (tertiary/aromatic N) is 2. The van der Waals surface area contributed by atoms with Crippen molar-refractivity contribution in [1.29, 1.82) is 0 Å². The van der Waals surface area contributed by atoms with Crippen LogP contribution in [-0.4, -0.2) is 36.1 Å². The Kier molecular flexibility index (Phi) is 5.95. The molecule has 2 heterocycles. The Hall–Kier alpha value is -2.99. The molecule has 6 heteroatoms. The van der Waals surface area contributed by atoms with Crippen molar-refractivity contribution in [3.8, 4) is 0 Å². The molecule has 1 aromatic heterocycles. The average molecular weight is 421 g/mol. The third-order valence-electron chi connectivity index (χ3n) is 5.19. The van der Waals surface area contributed by atoms with Crippen LogP contribution in [0.5, 0.6) is 0 Å². The molecule has 0 bridgehead atoms. The van der Waals surface area contributed by atoms with Gasteiger partial charge in [0.25, 0.3) is 5.91 Å². The summed E-state index contributed by atoms with van der Waals surface area (Å²) in [4.78, 5) is 30.1. The third-order valence-corrected chi connectivity index (χ3v) is 6.25. The Morgan fingerprint density at radius 3 is 2.63 bits per heavy atom. The highest BCUT2D eigenvalue weighted by Crippen LogP contribution is 2.30. The van der Waals surface area contributed by atoms with Gasteiger partial charge in [0.15, 0.2) is 0 Å². The minimum absolute atomic E-state index is 0.0617. The number of thioether (sulfide) groups is 1. The molecule has 4 rings (SSSR count). The average Bonchev–Trinajstić information content (AvgIpc) is 3.37. The van der Waals surface area contributed by atoms with Crippen LogP contribution in [0.3, 0.4) is 0 Å². The van der Waals surface area contributed by atoms with Crippen molar-refractivity contribution in [2.24, 2.45) is 0 Å². The molecule has 0 spiro atoms. The summed E-state index contributed by atoms with van der Waals surface area (Å²) in [5, 5.41) is 0. The Morgan fingerprint density at radius 1 is 1.07 bits per heavy atom. The lowest BCUT2D eigenvalue weighted by molar-refractivity contribution is -0.116. The smallest absolute Gasteiger partial charge is 0.255 e. The van der Waals surface area contributed by atoms with Crippen LogP contribution in [0.1, 0.15) is 27.4 Å². The lowest BCUT2D eigenvalue weighted by atomic mass is 10.2. The first kappa shape index (κ1) is 20.3. The van der Waals surface area contributed by atoms with Gasteiger partial charge in [-0.3, -0.25) is 9.59 Å². The van der Waals surface area contributed by atoms with Crippen LogP contribution in [0.25, 0.3) is 0 Å². The SMILES string of the molecule is Cc1ccc(CN(C)C(=O)c2ccccc2SCC(=O)N2CCc3ccccc32)o1. The van der Waals surface area contributed by atoms with Gasteiger partial charge in [0.05, 0.1) is 17.9 Å². The van der Waals surface area contributed by atoms with E-state index in [1.54, 1.807) is 11.9 Å². The number of carbonyl (C=O) groups excluding carboxylic acids is 2. The first-order valence-corrected chi connectivity index (χ1v) is 10.9. The molecule has 0 unspecified atom stereocenters. The minimum Gasteiger partial charge on any atom is -0.464 e. The maximum absolute atomic E-state index is 13.0. The number of amides is 2. The molecule has 2 amide bonds. The lowest BCUT2D eigenvalue weighted by Crippen LogP contribution is -2.30. The number of para-hydroxylation sites is 1. The van der Waals surface area contributed by atoms with Crippen LogP contribution in [0.15, 0.2) is 70.0 Å². The number of hydrogen-bond donors (Lipinski definition) is 0. The molecule has 1 aliphatic rings. The largest absolute Gasteiger partial charge is 0.464 e. The van der Waals surface area contributed by atoms with Gasteiger partial charge in [-0.15, -0.1) is 11.8 Å². The van der Waals surface area contributed by atoms with E-state index in [1.807, 2.05) is 66.4 Å². The molecular formula is C24H24N2O3S. The number of furan rings is 1. The van der Waals surface area contributed by atoms with Crippen LogP contribution in [-0.2, 0) is 17.8 Å². The molecule has 0 radical (unpaired) electrons. The number of benzene rings is 2. The summed E-state index contributed by atoms with van der Waals surface area (Å²) in [5.74, 6) is 1.83. The highest BCUT2D eigenvalue weighted by molar-refractivity contribution is 8.00. The summed E-state index contributed by atoms with van der Waals surface area (Å²) in [6, 6.07) is 19.2. The quantitative estimate of drug-likeness (QED) is 0.550. The maximum Gasteiger partial charge on any atom is 0.255 e. The number of rotatable bonds is 6. The second-order valence-electron chi connectivity index (χ2n) is 7.38. The zero-order valence-corrected chi connectivity index (χ0v) is 17.9. The summed E-state index contributed by atoms with van der Waals surface area (Å²) in [6.07, 6.45) is 0.888. The van der Waals surface area contributed by atoms with E-state index in [4.69, 9.17) is 4.42 Å². The first-order valence-electron chi connectivity index (χ1n) is 9.94. The number of carbonyl (C=O) groups is 2. The van der Waals surface area contributed by atoms with Gasteiger partial charge in [-0.25, -0.2) is 0 Å². The molecule has 1 aliphatic heterocycles. The Bertz CT molecular complexity index is 1080. The monoisotopic (exact) mass is 420 g/mol. The third kappa shape index (κ3) is 4.28. The van der Waals surface area contributed by atoms with Crippen molar-refractivity contribution < 1.29 is 14.0 Å². The number of hydrogen-bond acceptors (Lipinski definition) is 4. The summed E-state index contributed by atoms with van der Waals surface area (Å²) < 4.78 is 5.59. The van der Waals surface area contributed by atoms with Crippen molar-refractivity contribution in [3.63, 3.8) is 0 Å². The minimum atomic E-state index is -0.0916. The van der Waals surface area contributed by atoms with Crippen molar-refractivity contribution in [3.05, 3.63) is 83.3 Å². The van der Waals surface area contributed by atoms with Crippen LogP contribution in [0, 0.1) is 6.92 Å². The maximum atomic E-state index is 13.0. The van der Waals surface area contributed by atoms with Crippen LogP contribution < -0.4 is 4.90 Å². The first-order chi connectivity index (χ1) is 14.5. The number of anilines is 1. The highest BCUT2D eigenvalue weighted by Gasteiger charge is 2.25. The molecule has 0 aliphatic carbocycles. The molecule has 0 saturated carbocycles. The van der Waals surface area contributed by atoms with Crippen molar-refractivity contribution in [2.45, 2.75) is 24.8 Å². The molecule has 2 aromatic carbocycles. The fourth-order valence-corrected chi connectivity index (χ4v) is 4.59. The van der Waals surface area contributed by atoms with Gasteiger partial charge in [0, 0.05) is 24.2 Å². The van der Waals surface area contributed by atoms with Crippen molar-refractivity contribution >= 4 is 29.3 Å². The summed E-state index contributed by atoms with van der Waals surface area (Å²) >= 11 is 1.41. The van der Waals surface area contributed by atoms with Crippen molar-refractivity contribution in [2.75, 3.05) is 24.2 Å². The van der Waals surface area contributed by atoms with E-state index in [0.717, 1.165) is 28.5 Å². The Balaban J connectivity index is 1.43. The molecule has 154 valence electrons. The lowest BCUT2D eigenvalue weighted by Gasteiger charge is -2.19. The van der Waals surface area contributed by atoms with Crippen molar-refractivity contribution in [1.82, 2.24) is 4.90 Å². The van der Waals surface area contributed by atoms with Gasteiger partial charge in [-0.2, -0.15) is 0 Å². The molecule has 0 fully saturated rings. The van der Waals surface area contributed by atoms with Gasteiger partial charge in [0.1, 0.15) is 11.5 Å². The van der Waals surface area contributed by atoms with Gasteiger partial charge >= 0.3 is 0 Å². The predicted octanol–water partition coefficient (Wildman–Crippen LogP) is 4.54. The van der Waals surface area contributed by atoms with Crippen LogP contribution in [0.4, 0.5) is 5.69 Å². The van der Waals surface area contributed by atoms with E-state index in [0.29, 0.717) is 24.4 Å². The topological polar surface area (TPSA) is 53.8 Å². The normalized spacial score (nSPS) is 12.7. The van der Waals surface area contributed by atoms with E-state index in [1.165, 1.54) is 17.3 Å². The molecule has 0 saturated heterocycles. The van der Waals surface area contributed by atoms with E-state index in [2.05, 4.69) is 6.07 Å². The van der Waals surface area contributed by atoms with Crippen LogP contribution in [0.2, 0.25) is 0 Å². The van der Waals surface area contributed by atoms with Gasteiger partial charge in [-0.1, -0.05) is 30.3 Å². The van der Waals surface area contributed by atoms with Crippen LogP contribution >= 0.6 is 11.8 Å². The fraction of sp³-hybridized carbons (Fsp3) is 0.250. The van der Waals surface area contributed by atoms with E-state index >= 15 is 0 Å². The molecule has 0 N–H and O–H groups in total. The molecule has 30 heavy (non-hydrogen) atoms. The molecule has 5 nitrogen and oxygen atoms in total. The summed E-state index contributed by atoms with van der Waals surface area (Å²) in [7, 11) is 1.76. The number of aryl methyl sites for hydroxylation is 1. The predicted molar refractivity (Wildman–Crippen MR) is 119 cm³/mol. The Morgan fingerprint density at radius 2 is 1.83 bits per heavy atom. The van der Waals surface area contributed by atoms with Gasteiger partial charge in [0.2, 0.25) is 5.91 Å². The second-order valence-corrected chi connectivity index (χ2v) is 8.40. The summed E-state index contributed by atoms with van der Waals surface area (Å²) in [6.45, 7) is 2.99. The van der Waals surface area contributed by atoms with E-state index in [9.17, 15) is 9.59 Å². The van der Waals surface area contributed by atoms with E-state index in [-0.39, 0.29) is 11.8 Å². The second kappa shape index (κ2) is 8.79. The number of fused-ring (bicyclic) bond motifs is 1. The summed E-state index contributed by atoms with van der Waals surface area (Å²) in [5.41, 5.74) is 2.81. The highest BCUT2D eigenvalue weighted by atomic mass is 32.2. The zero-order chi connectivity index (χ0) is 21.1. The molecule has 3 aromatic rings. The zero-order valence-electron chi connectivity index (χ0n) is 17.1. The van der Waals surface area contributed by atoms with Gasteiger partial charge in [-0.05, 0) is 49.2 Å². The fourth-order valence-electron chi connectivity index (χ4n) is 3.67. The standard InChI is InChI=1S/C24H24N2O3S/c1-17-11-12-19(29-17)15-25(2)24(28)20-8-4-6-10-22(20)30-16-23(27)26-14-13-18-7-3-5-9-21(18)26/h3-12H,13-16H2,1-2H3. The molecular weight excluding hydrogens is 396 g/mol. The molecule has 0 atom stereocenters.